The number of aryl methyl sites for hydroxylation is 1. The quantitative estimate of drug-likeness (QED) is 0.407. The first-order valence-electron chi connectivity index (χ1n) is 10.6. The Hall–Kier alpha value is -4.59. The monoisotopic (exact) mass is 456 g/mol. The van der Waals surface area contributed by atoms with E-state index in [1.807, 2.05) is 29.9 Å². The van der Waals surface area contributed by atoms with Crippen LogP contribution in [0.3, 0.4) is 0 Å². The lowest BCUT2D eigenvalue weighted by Crippen LogP contribution is -2.14. The Labute approximate surface area is 197 Å². The number of nitrogens with zero attached hydrogens (tertiary/aromatic N) is 2. The van der Waals surface area contributed by atoms with E-state index >= 15 is 0 Å². The third kappa shape index (κ3) is 5.42. The number of para-hydroxylation sites is 2. The van der Waals surface area contributed by atoms with Crippen LogP contribution in [0.2, 0.25) is 0 Å². The zero-order valence-electron chi connectivity index (χ0n) is 18.8. The third-order valence-corrected chi connectivity index (χ3v) is 5.17. The Kier molecular flexibility index (Phi) is 6.88. The van der Waals surface area contributed by atoms with Crippen molar-refractivity contribution in [3.8, 4) is 11.5 Å². The lowest BCUT2D eigenvalue weighted by atomic mass is 10.1. The first-order valence-corrected chi connectivity index (χ1v) is 10.6. The molecule has 3 aromatic carbocycles. The van der Waals surface area contributed by atoms with Gasteiger partial charge in [0.2, 0.25) is 0 Å². The van der Waals surface area contributed by atoms with E-state index in [4.69, 9.17) is 9.47 Å². The van der Waals surface area contributed by atoms with Gasteiger partial charge >= 0.3 is 0 Å². The van der Waals surface area contributed by atoms with Crippen molar-refractivity contribution in [2.24, 2.45) is 7.05 Å². The molecule has 8 heteroatoms. The van der Waals surface area contributed by atoms with Gasteiger partial charge in [-0.25, -0.2) is 4.98 Å². The molecule has 8 nitrogen and oxygen atoms in total. The molecule has 2 amide bonds. The Morgan fingerprint density at radius 2 is 1.53 bits per heavy atom. The molecule has 4 rings (SSSR count). The summed E-state index contributed by atoms with van der Waals surface area (Å²) in [4.78, 5) is 29.3. The minimum atomic E-state index is -0.275. The molecule has 0 aliphatic heterocycles. The van der Waals surface area contributed by atoms with Gasteiger partial charge in [-0.2, -0.15) is 0 Å². The normalized spacial score (nSPS) is 10.4. The maximum absolute atomic E-state index is 12.6. The second-order valence-electron chi connectivity index (χ2n) is 7.45. The summed E-state index contributed by atoms with van der Waals surface area (Å²) in [6.45, 7) is 0.339. The lowest BCUT2D eigenvalue weighted by Gasteiger charge is -2.11. The maximum Gasteiger partial charge on any atom is 0.255 e. The molecule has 172 valence electrons. The van der Waals surface area contributed by atoms with E-state index in [1.165, 1.54) is 0 Å². The molecule has 0 atom stereocenters. The van der Waals surface area contributed by atoms with Gasteiger partial charge in [0.25, 0.3) is 11.8 Å². The minimum absolute atomic E-state index is 0.262. The van der Waals surface area contributed by atoms with E-state index < -0.39 is 0 Å². The molecule has 0 saturated carbocycles. The molecule has 1 aromatic heterocycles. The Morgan fingerprint density at radius 3 is 2.18 bits per heavy atom. The Balaban J connectivity index is 1.33. The summed E-state index contributed by atoms with van der Waals surface area (Å²) in [5.74, 6) is 1.49. The predicted molar refractivity (Wildman–Crippen MR) is 129 cm³/mol. The van der Waals surface area contributed by atoms with Crippen LogP contribution in [-0.2, 0) is 13.7 Å². The zero-order valence-corrected chi connectivity index (χ0v) is 18.8. The van der Waals surface area contributed by atoms with Crippen LogP contribution in [0.25, 0.3) is 0 Å². The van der Waals surface area contributed by atoms with Gasteiger partial charge in [-0.1, -0.05) is 12.1 Å². The van der Waals surface area contributed by atoms with Crippen molar-refractivity contribution in [2.75, 3.05) is 17.7 Å². The number of carbonyl (C=O) groups is 2. The number of rotatable bonds is 8. The number of benzene rings is 3. The molecule has 4 aromatic rings. The molecule has 34 heavy (non-hydrogen) atoms. The van der Waals surface area contributed by atoms with Crippen molar-refractivity contribution in [1.82, 2.24) is 9.55 Å². The first-order chi connectivity index (χ1) is 16.5. The maximum atomic E-state index is 12.6. The van der Waals surface area contributed by atoms with E-state index in [0.717, 1.165) is 5.82 Å². The van der Waals surface area contributed by atoms with Crippen LogP contribution < -0.4 is 20.1 Å². The van der Waals surface area contributed by atoms with Gasteiger partial charge in [-0.3, -0.25) is 9.59 Å². The standard InChI is InChI=1S/C26H24N4O4/c1-30-16-15-27-24(30)17-34-21-13-9-19(10-14-21)25(31)28-20-11-7-18(8-12-20)26(32)29-22-5-3-4-6-23(22)33-2/h3-16H,17H2,1-2H3,(H,28,31)(H,29,32). The van der Waals surface area contributed by atoms with E-state index in [9.17, 15) is 9.59 Å². The number of methoxy groups -OCH3 is 1. The highest BCUT2D eigenvalue weighted by Crippen LogP contribution is 2.24. The lowest BCUT2D eigenvalue weighted by molar-refractivity contribution is 0.101. The number of hydrogen-bond acceptors (Lipinski definition) is 5. The average molecular weight is 457 g/mol. The average Bonchev–Trinajstić information content (AvgIpc) is 3.28. The summed E-state index contributed by atoms with van der Waals surface area (Å²) in [6.07, 6.45) is 3.57. The molecular formula is C26H24N4O4. The molecule has 0 radical (unpaired) electrons. The fourth-order valence-electron chi connectivity index (χ4n) is 3.24. The fraction of sp³-hybridized carbons (Fsp3) is 0.115. The summed E-state index contributed by atoms with van der Waals surface area (Å²) >= 11 is 0. The number of amides is 2. The summed E-state index contributed by atoms with van der Waals surface area (Å²) in [5.41, 5.74) is 2.11. The van der Waals surface area contributed by atoms with Gasteiger partial charge in [0, 0.05) is 36.3 Å². The van der Waals surface area contributed by atoms with Crippen molar-refractivity contribution >= 4 is 23.2 Å². The van der Waals surface area contributed by atoms with E-state index in [-0.39, 0.29) is 11.8 Å². The Morgan fingerprint density at radius 1 is 0.882 bits per heavy atom. The van der Waals surface area contributed by atoms with Crippen molar-refractivity contribution in [1.29, 1.82) is 0 Å². The molecule has 0 fully saturated rings. The highest BCUT2D eigenvalue weighted by molar-refractivity contribution is 6.06. The Bertz CT molecular complexity index is 1280. The van der Waals surface area contributed by atoms with Crippen LogP contribution in [0.5, 0.6) is 11.5 Å². The van der Waals surface area contributed by atoms with Crippen LogP contribution in [0.15, 0.2) is 85.2 Å². The van der Waals surface area contributed by atoms with Crippen LogP contribution in [-0.4, -0.2) is 28.5 Å². The van der Waals surface area contributed by atoms with Crippen molar-refractivity contribution in [3.63, 3.8) is 0 Å². The number of anilines is 2. The SMILES string of the molecule is COc1ccccc1NC(=O)c1ccc(NC(=O)c2ccc(OCc3nccn3C)cc2)cc1. The van der Waals surface area contributed by atoms with Gasteiger partial charge in [-0.15, -0.1) is 0 Å². The summed E-state index contributed by atoms with van der Waals surface area (Å²) in [5, 5.41) is 5.65. The van der Waals surface area contributed by atoms with Gasteiger partial charge in [-0.05, 0) is 60.7 Å². The number of ether oxygens (including phenoxy) is 2. The highest BCUT2D eigenvalue weighted by Gasteiger charge is 2.11. The summed E-state index contributed by atoms with van der Waals surface area (Å²) in [6, 6.07) is 20.7. The van der Waals surface area contributed by atoms with Crippen molar-refractivity contribution < 1.29 is 19.1 Å². The number of hydrogen-bond donors (Lipinski definition) is 2. The smallest absolute Gasteiger partial charge is 0.255 e. The number of imidazole rings is 1. The highest BCUT2D eigenvalue weighted by atomic mass is 16.5. The molecule has 0 spiro atoms. The second kappa shape index (κ2) is 10.4. The second-order valence-corrected chi connectivity index (χ2v) is 7.45. The van der Waals surface area contributed by atoms with Gasteiger partial charge < -0.3 is 24.7 Å². The van der Waals surface area contributed by atoms with Gasteiger partial charge in [0.15, 0.2) is 0 Å². The van der Waals surface area contributed by atoms with Gasteiger partial charge in [0.1, 0.15) is 23.9 Å². The van der Waals surface area contributed by atoms with E-state index in [0.29, 0.717) is 40.6 Å². The molecule has 0 saturated heterocycles. The third-order valence-electron chi connectivity index (χ3n) is 5.17. The number of nitrogens with one attached hydrogen (secondary N) is 2. The summed E-state index contributed by atoms with van der Waals surface area (Å²) < 4.78 is 12.9. The fourth-order valence-corrected chi connectivity index (χ4v) is 3.24. The van der Waals surface area contributed by atoms with Crippen LogP contribution in [0.1, 0.15) is 26.5 Å². The van der Waals surface area contributed by atoms with Crippen LogP contribution in [0.4, 0.5) is 11.4 Å². The topological polar surface area (TPSA) is 94.5 Å². The predicted octanol–water partition coefficient (Wildman–Crippen LogP) is 4.51. The largest absolute Gasteiger partial charge is 0.495 e. The van der Waals surface area contributed by atoms with E-state index in [2.05, 4.69) is 15.6 Å². The molecule has 0 aliphatic carbocycles. The van der Waals surface area contributed by atoms with Crippen LogP contribution >= 0.6 is 0 Å². The summed E-state index contributed by atoms with van der Waals surface area (Å²) in [7, 11) is 3.45. The first kappa shape index (κ1) is 22.6. The molecule has 2 N–H and O–H groups in total. The van der Waals surface area contributed by atoms with E-state index in [1.54, 1.807) is 74.0 Å². The molecular weight excluding hydrogens is 432 g/mol. The molecule has 0 unspecified atom stereocenters. The number of aromatic nitrogens is 2. The van der Waals surface area contributed by atoms with Crippen molar-refractivity contribution in [3.05, 3.63) is 102 Å². The molecule has 0 aliphatic rings. The number of carbonyl (C=O) groups excluding carboxylic acids is 2. The zero-order chi connectivity index (χ0) is 23.9. The van der Waals surface area contributed by atoms with Gasteiger partial charge in [0.05, 0.1) is 12.8 Å². The minimum Gasteiger partial charge on any atom is -0.495 e. The van der Waals surface area contributed by atoms with Crippen molar-refractivity contribution in [2.45, 2.75) is 6.61 Å². The molecule has 0 bridgehead atoms. The molecule has 1 heterocycles. The van der Waals surface area contributed by atoms with Crippen LogP contribution in [0, 0.1) is 0 Å².